The molecule has 3 aromatic rings. The molecule has 6 heteroatoms. The molecule has 0 fully saturated rings. The van der Waals surface area contributed by atoms with Crippen LogP contribution in [0.3, 0.4) is 0 Å². The average molecular weight is 293 g/mol. The van der Waals surface area contributed by atoms with Crippen molar-refractivity contribution >= 4 is 26.8 Å². The Bertz CT molecular complexity index is 681. The Kier molecular flexibility index (Phi) is 2.36. The lowest BCUT2D eigenvalue weighted by atomic mass is 10.1. The SMILES string of the molecule is Fc1cccc2c(-c3ccn[nH]3)nc(Br)nc12. The van der Waals surface area contributed by atoms with Gasteiger partial charge in [-0.05, 0) is 28.1 Å². The molecule has 1 N–H and O–H groups in total. The Morgan fingerprint density at radius 3 is 2.82 bits per heavy atom. The van der Waals surface area contributed by atoms with Crippen molar-refractivity contribution in [1.29, 1.82) is 0 Å². The lowest BCUT2D eigenvalue weighted by molar-refractivity contribution is 0.636. The molecule has 4 nitrogen and oxygen atoms in total. The number of para-hydroxylation sites is 1. The van der Waals surface area contributed by atoms with Crippen molar-refractivity contribution in [3.63, 3.8) is 0 Å². The monoisotopic (exact) mass is 292 g/mol. The quantitative estimate of drug-likeness (QED) is 0.702. The van der Waals surface area contributed by atoms with E-state index in [1.165, 1.54) is 6.07 Å². The van der Waals surface area contributed by atoms with Crippen LogP contribution in [0.5, 0.6) is 0 Å². The summed E-state index contributed by atoms with van der Waals surface area (Å²) in [4.78, 5) is 8.29. The third-order valence-corrected chi connectivity index (χ3v) is 2.76. The van der Waals surface area contributed by atoms with Crippen LogP contribution < -0.4 is 0 Å². The van der Waals surface area contributed by atoms with Gasteiger partial charge in [-0.1, -0.05) is 12.1 Å². The Hall–Kier alpha value is -1.82. The number of rotatable bonds is 1. The summed E-state index contributed by atoms with van der Waals surface area (Å²) in [5, 5.41) is 7.32. The molecule has 17 heavy (non-hydrogen) atoms. The van der Waals surface area contributed by atoms with E-state index >= 15 is 0 Å². The summed E-state index contributed by atoms with van der Waals surface area (Å²) in [6.45, 7) is 0. The maximum Gasteiger partial charge on any atom is 0.197 e. The maximum absolute atomic E-state index is 13.7. The van der Waals surface area contributed by atoms with E-state index in [9.17, 15) is 4.39 Å². The van der Waals surface area contributed by atoms with Crippen LogP contribution in [0.4, 0.5) is 4.39 Å². The lowest BCUT2D eigenvalue weighted by Crippen LogP contribution is -1.94. The molecule has 0 aliphatic heterocycles. The van der Waals surface area contributed by atoms with Gasteiger partial charge in [0.25, 0.3) is 0 Å². The van der Waals surface area contributed by atoms with E-state index in [4.69, 9.17) is 0 Å². The van der Waals surface area contributed by atoms with Gasteiger partial charge < -0.3 is 0 Å². The van der Waals surface area contributed by atoms with Gasteiger partial charge in [-0.3, -0.25) is 5.10 Å². The highest BCUT2D eigenvalue weighted by Gasteiger charge is 2.12. The minimum atomic E-state index is -0.369. The van der Waals surface area contributed by atoms with Crippen LogP contribution in [0.25, 0.3) is 22.3 Å². The van der Waals surface area contributed by atoms with Crippen molar-refractivity contribution in [3.05, 3.63) is 41.0 Å². The van der Waals surface area contributed by atoms with Gasteiger partial charge in [0, 0.05) is 11.6 Å². The van der Waals surface area contributed by atoms with Crippen molar-refractivity contribution in [2.75, 3.05) is 0 Å². The van der Waals surface area contributed by atoms with Gasteiger partial charge in [0.05, 0.1) is 5.69 Å². The summed E-state index contributed by atoms with van der Waals surface area (Å²) in [5.41, 5.74) is 1.64. The highest BCUT2D eigenvalue weighted by Crippen LogP contribution is 2.27. The molecule has 0 spiro atoms. The number of benzene rings is 1. The normalized spacial score (nSPS) is 10.9. The number of aromatic nitrogens is 4. The van der Waals surface area contributed by atoms with Crippen LogP contribution in [0.1, 0.15) is 0 Å². The van der Waals surface area contributed by atoms with Crippen LogP contribution >= 0.6 is 15.9 Å². The first-order valence-corrected chi connectivity index (χ1v) is 5.66. The van der Waals surface area contributed by atoms with Gasteiger partial charge in [-0.25, -0.2) is 14.4 Å². The fourth-order valence-corrected chi connectivity index (χ4v) is 2.04. The second-order valence-corrected chi connectivity index (χ2v) is 4.16. The highest BCUT2D eigenvalue weighted by atomic mass is 79.9. The fourth-order valence-electron chi connectivity index (χ4n) is 1.68. The van der Waals surface area contributed by atoms with Crippen molar-refractivity contribution in [2.45, 2.75) is 0 Å². The van der Waals surface area contributed by atoms with E-state index in [2.05, 4.69) is 36.1 Å². The smallest absolute Gasteiger partial charge is 0.197 e. The summed E-state index contributed by atoms with van der Waals surface area (Å²) in [6.07, 6.45) is 1.62. The molecule has 1 aromatic carbocycles. The van der Waals surface area contributed by atoms with E-state index in [0.717, 1.165) is 5.69 Å². The Morgan fingerprint density at radius 1 is 1.18 bits per heavy atom. The summed E-state index contributed by atoms with van der Waals surface area (Å²) in [6, 6.07) is 6.56. The third-order valence-electron chi connectivity index (χ3n) is 2.41. The maximum atomic E-state index is 13.7. The second-order valence-electron chi connectivity index (χ2n) is 3.45. The number of fused-ring (bicyclic) bond motifs is 1. The van der Waals surface area contributed by atoms with Gasteiger partial charge >= 0.3 is 0 Å². The number of hydrogen-bond donors (Lipinski definition) is 1. The summed E-state index contributed by atoms with van der Waals surface area (Å²) >= 11 is 3.18. The molecule has 0 atom stereocenters. The van der Waals surface area contributed by atoms with Gasteiger partial charge in [0.1, 0.15) is 17.0 Å². The Balaban J connectivity index is 2.42. The molecule has 2 aromatic heterocycles. The van der Waals surface area contributed by atoms with E-state index in [-0.39, 0.29) is 5.82 Å². The fraction of sp³-hybridized carbons (Fsp3) is 0. The Labute approximate surface area is 104 Å². The first kappa shape index (κ1) is 10.3. The Morgan fingerprint density at radius 2 is 2.06 bits per heavy atom. The first-order valence-electron chi connectivity index (χ1n) is 4.87. The largest absolute Gasteiger partial charge is 0.276 e. The number of aromatic amines is 1. The molecule has 0 amide bonds. The number of hydrogen-bond acceptors (Lipinski definition) is 3. The van der Waals surface area contributed by atoms with Gasteiger partial charge in [-0.2, -0.15) is 5.10 Å². The minimum absolute atomic E-state index is 0.291. The number of nitrogens with zero attached hydrogens (tertiary/aromatic N) is 3. The topological polar surface area (TPSA) is 54.5 Å². The van der Waals surface area contributed by atoms with Crippen molar-refractivity contribution in [1.82, 2.24) is 20.2 Å². The van der Waals surface area contributed by atoms with Crippen LogP contribution in [-0.4, -0.2) is 20.2 Å². The molecule has 0 aliphatic carbocycles. The number of nitrogens with one attached hydrogen (secondary N) is 1. The molecular weight excluding hydrogens is 287 g/mol. The molecule has 0 saturated heterocycles. The van der Waals surface area contributed by atoms with Gasteiger partial charge in [-0.15, -0.1) is 0 Å². The molecule has 2 heterocycles. The summed E-state index contributed by atoms with van der Waals surface area (Å²) in [7, 11) is 0. The van der Waals surface area contributed by atoms with Crippen LogP contribution in [0.2, 0.25) is 0 Å². The molecule has 3 rings (SSSR count). The molecule has 0 saturated carbocycles. The van der Waals surface area contributed by atoms with E-state index in [1.54, 1.807) is 24.4 Å². The molecule has 0 unspecified atom stereocenters. The molecule has 0 bridgehead atoms. The molecule has 0 radical (unpaired) electrons. The minimum Gasteiger partial charge on any atom is -0.276 e. The summed E-state index contributed by atoms with van der Waals surface area (Å²) in [5.74, 6) is -0.369. The second kappa shape index (κ2) is 3.89. The highest BCUT2D eigenvalue weighted by molar-refractivity contribution is 9.10. The van der Waals surface area contributed by atoms with Crippen molar-refractivity contribution in [2.24, 2.45) is 0 Å². The van der Waals surface area contributed by atoms with Gasteiger partial charge in [0.15, 0.2) is 4.73 Å². The predicted molar refractivity (Wildman–Crippen MR) is 64.8 cm³/mol. The van der Waals surface area contributed by atoms with E-state index < -0.39 is 0 Å². The van der Waals surface area contributed by atoms with Gasteiger partial charge in [0.2, 0.25) is 0 Å². The zero-order valence-electron chi connectivity index (χ0n) is 8.48. The zero-order chi connectivity index (χ0) is 11.8. The van der Waals surface area contributed by atoms with Crippen LogP contribution in [0.15, 0.2) is 35.2 Å². The lowest BCUT2D eigenvalue weighted by Gasteiger charge is -2.04. The molecule has 0 aliphatic rings. The zero-order valence-corrected chi connectivity index (χ0v) is 10.1. The predicted octanol–water partition coefficient (Wildman–Crippen LogP) is 2.92. The van der Waals surface area contributed by atoms with E-state index in [0.29, 0.717) is 21.3 Å². The molecule has 84 valence electrons. The van der Waals surface area contributed by atoms with Crippen molar-refractivity contribution < 1.29 is 4.39 Å². The number of H-pyrrole nitrogens is 1. The van der Waals surface area contributed by atoms with Crippen LogP contribution in [-0.2, 0) is 0 Å². The average Bonchev–Trinajstić information content (AvgIpc) is 2.83. The summed E-state index contributed by atoms with van der Waals surface area (Å²) < 4.78 is 14.0. The van der Waals surface area contributed by atoms with E-state index in [1.807, 2.05) is 0 Å². The van der Waals surface area contributed by atoms with Crippen molar-refractivity contribution in [3.8, 4) is 11.4 Å². The van der Waals surface area contributed by atoms with Crippen LogP contribution in [0, 0.1) is 5.82 Å². The first-order chi connectivity index (χ1) is 8.25. The molecular formula is C11H6BrFN4. The third kappa shape index (κ3) is 1.70. The number of halogens is 2. The standard InChI is InChI=1S/C11H6BrFN4/c12-11-15-9-6(2-1-3-7(9)13)10(16-11)8-4-5-14-17-8/h1-5H,(H,14,17).